The molecule has 0 aliphatic rings. The van der Waals surface area contributed by atoms with Crippen LogP contribution in [0.2, 0.25) is 0 Å². The van der Waals surface area contributed by atoms with E-state index < -0.39 is 0 Å². The van der Waals surface area contributed by atoms with Crippen LogP contribution in [0.5, 0.6) is 0 Å². The fourth-order valence-electron chi connectivity index (χ4n) is 3.69. The lowest BCUT2D eigenvalue weighted by Crippen LogP contribution is -2.38. The molecule has 0 fully saturated rings. The second kappa shape index (κ2) is 9.76. The van der Waals surface area contributed by atoms with Gasteiger partial charge in [0.25, 0.3) is 0 Å². The molecule has 0 aliphatic carbocycles. The van der Waals surface area contributed by atoms with Gasteiger partial charge in [-0.3, -0.25) is 4.79 Å². The van der Waals surface area contributed by atoms with E-state index >= 15 is 0 Å². The highest BCUT2D eigenvalue weighted by atomic mass is 32.1. The summed E-state index contributed by atoms with van der Waals surface area (Å²) in [5.74, 6) is 1.13. The molecule has 34 heavy (non-hydrogen) atoms. The van der Waals surface area contributed by atoms with E-state index in [0.717, 1.165) is 27.2 Å². The number of hydrogen-bond donors (Lipinski definition) is 2. The molecule has 7 nitrogen and oxygen atoms in total. The molecule has 180 valence electrons. The van der Waals surface area contributed by atoms with Gasteiger partial charge in [-0.25, -0.2) is 4.98 Å². The van der Waals surface area contributed by atoms with Crippen molar-refractivity contribution in [2.24, 2.45) is 5.92 Å². The van der Waals surface area contributed by atoms with Crippen molar-refractivity contribution in [3.63, 3.8) is 0 Å². The van der Waals surface area contributed by atoms with E-state index in [1.54, 1.807) is 11.3 Å². The number of thiophene rings is 1. The number of carbonyl (C=O) groups is 1. The van der Waals surface area contributed by atoms with Crippen LogP contribution in [0.15, 0.2) is 47.8 Å². The van der Waals surface area contributed by atoms with Crippen LogP contribution in [0.1, 0.15) is 45.5 Å². The van der Waals surface area contributed by atoms with Crippen molar-refractivity contribution in [3.05, 3.63) is 52.7 Å². The number of fused-ring (bicyclic) bond motifs is 1. The molecule has 0 saturated heterocycles. The first-order valence-electron chi connectivity index (χ1n) is 11.4. The van der Waals surface area contributed by atoms with Crippen LogP contribution in [-0.2, 0) is 4.79 Å². The zero-order chi connectivity index (χ0) is 24.5. The normalized spacial score (nSPS) is 12.8. The maximum atomic E-state index is 12.9. The van der Waals surface area contributed by atoms with Gasteiger partial charge in [0.15, 0.2) is 5.82 Å². The summed E-state index contributed by atoms with van der Waals surface area (Å²) in [5, 5.41) is 14.4. The number of aromatic nitrogens is 3. The Kier molecular flexibility index (Phi) is 6.95. The second-order valence-corrected chi connectivity index (χ2v) is 11.7. The maximum absolute atomic E-state index is 12.9. The average molecular weight is 497 g/mol. The van der Waals surface area contributed by atoms with Crippen LogP contribution in [-0.4, -0.2) is 39.6 Å². The molecule has 0 saturated carbocycles. The van der Waals surface area contributed by atoms with Gasteiger partial charge < -0.3 is 15.5 Å². The number of likely N-dealkylation sites (N-methyl/N-ethyl adjacent to an activating group) is 1. The van der Waals surface area contributed by atoms with Crippen LogP contribution in [0, 0.1) is 5.92 Å². The fraction of sp³-hybridized carbons (Fsp3) is 0.400. The Balaban J connectivity index is 1.57. The van der Waals surface area contributed by atoms with Crippen molar-refractivity contribution in [1.82, 2.24) is 19.9 Å². The third-order valence-electron chi connectivity index (χ3n) is 5.27. The van der Waals surface area contributed by atoms with Crippen molar-refractivity contribution in [1.29, 1.82) is 0 Å². The second-order valence-electron chi connectivity index (χ2n) is 9.79. The van der Waals surface area contributed by atoms with Crippen molar-refractivity contribution in [2.75, 3.05) is 23.8 Å². The van der Waals surface area contributed by atoms with Crippen LogP contribution < -0.4 is 15.5 Å². The van der Waals surface area contributed by atoms with Gasteiger partial charge in [0.05, 0.1) is 12.6 Å². The van der Waals surface area contributed by atoms with E-state index in [0.29, 0.717) is 5.92 Å². The molecule has 1 amide bonds. The molecule has 0 unspecified atom stereocenters. The van der Waals surface area contributed by atoms with E-state index in [4.69, 9.17) is 10.1 Å². The number of carbonyl (C=O) groups excluding carboxylic acids is 1. The quantitative estimate of drug-likeness (QED) is 0.328. The van der Waals surface area contributed by atoms with E-state index in [1.165, 1.54) is 16.2 Å². The minimum atomic E-state index is -0.164. The summed E-state index contributed by atoms with van der Waals surface area (Å²) in [6, 6.07) is 14.2. The maximum Gasteiger partial charge on any atom is 0.240 e. The van der Waals surface area contributed by atoms with Crippen LogP contribution in [0.3, 0.4) is 0 Å². The molecule has 0 radical (unpaired) electrons. The zero-order valence-electron chi connectivity index (χ0n) is 20.5. The molecule has 4 rings (SSSR count). The van der Waals surface area contributed by atoms with E-state index in [-0.39, 0.29) is 24.0 Å². The summed E-state index contributed by atoms with van der Waals surface area (Å²) < 4.78 is 1.85. The lowest BCUT2D eigenvalue weighted by atomic mass is 10.0. The van der Waals surface area contributed by atoms with Gasteiger partial charge in [-0.1, -0.05) is 61.6 Å². The molecular formula is C25H32N6OS2. The topological polar surface area (TPSA) is 74.6 Å². The van der Waals surface area contributed by atoms with Gasteiger partial charge in [0.2, 0.25) is 16.0 Å². The highest BCUT2D eigenvalue weighted by Crippen LogP contribution is 2.34. The first-order chi connectivity index (χ1) is 16.1. The number of amides is 1. The van der Waals surface area contributed by atoms with E-state index in [9.17, 15) is 4.79 Å². The largest absolute Gasteiger partial charge is 0.364 e. The highest BCUT2D eigenvalue weighted by molar-refractivity contribution is 7.20. The first-order valence-corrected chi connectivity index (χ1v) is 13.1. The Morgan fingerprint density at radius 2 is 1.88 bits per heavy atom. The number of nitrogens with one attached hydrogen (secondary N) is 2. The molecule has 2 N–H and O–H groups in total. The van der Waals surface area contributed by atoms with Gasteiger partial charge in [-0.05, 0) is 38.1 Å². The van der Waals surface area contributed by atoms with Crippen molar-refractivity contribution in [2.45, 2.75) is 46.2 Å². The molecule has 0 spiro atoms. The highest BCUT2D eigenvalue weighted by Gasteiger charge is 2.24. The number of hydrogen-bond acceptors (Lipinski definition) is 7. The monoisotopic (exact) mass is 496 g/mol. The SMILES string of the molecule is CC(C)[C@@H](NC(=O)CN(C)c1nn2c(NC(C)(C)C)c(-c3ccccc3)nc2s1)c1cccs1. The smallest absolute Gasteiger partial charge is 0.240 e. The van der Waals surface area contributed by atoms with Gasteiger partial charge in [0, 0.05) is 23.0 Å². The van der Waals surface area contributed by atoms with Crippen LogP contribution in [0.4, 0.5) is 10.9 Å². The molecule has 0 aliphatic heterocycles. The molecule has 9 heteroatoms. The summed E-state index contributed by atoms with van der Waals surface area (Å²) in [7, 11) is 1.89. The Hall–Kier alpha value is -2.91. The Morgan fingerprint density at radius 1 is 1.15 bits per heavy atom. The molecule has 3 aromatic heterocycles. The number of imidazole rings is 1. The Labute approximate surface area is 208 Å². The average Bonchev–Trinajstić information content (AvgIpc) is 3.49. The van der Waals surface area contributed by atoms with Crippen LogP contribution >= 0.6 is 22.7 Å². The van der Waals surface area contributed by atoms with Crippen molar-refractivity contribution < 1.29 is 4.79 Å². The summed E-state index contributed by atoms with van der Waals surface area (Å²) in [5.41, 5.74) is 1.74. The van der Waals surface area contributed by atoms with Gasteiger partial charge in [-0.2, -0.15) is 4.52 Å². The summed E-state index contributed by atoms with van der Waals surface area (Å²) >= 11 is 3.14. The molecule has 0 bridgehead atoms. The number of benzene rings is 1. The first kappa shape index (κ1) is 24.2. The number of nitrogens with zero attached hydrogens (tertiary/aromatic N) is 4. The molecule has 3 heterocycles. The molecule has 1 aromatic carbocycles. The molecule has 1 atom stereocenters. The van der Waals surface area contributed by atoms with Crippen molar-refractivity contribution in [3.8, 4) is 11.3 Å². The summed E-state index contributed by atoms with van der Waals surface area (Å²) in [6.07, 6.45) is 0. The Morgan fingerprint density at radius 3 is 2.50 bits per heavy atom. The lowest BCUT2D eigenvalue weighted by Gasteiger charge is -2.23. The Bertz CT molecular complexity index is 1240. The van der Waals surface area contributed by atoms with E-state index in [2.05, 4.69) is 63.5 Å². The van der Waals surface area contributed by atoms with Crippen LogP contribution in [0.25, 0.3) is 16.2 Å². The van der Waals surface area contributed by atoms with Gasteiger partial charge in [-0.15, -0.1) is 16.4 Å². The minimum Gasteiger partial charge on any atom is -0.364 e. The molecule has 4 aromatic rings. The molecular weight excluding hydrogens is 464 g/mol. The fourth-order valence-corrected chi connectivity index (χ4v) is 5.50. The predicted octanol–water partition coefficient (Wildman–Crippen LogP) is 5.68. The van der Waals surface area contributed by atoms with Crippen molar-refractivity contribution >= 4 is 44.5 Å². The third kappa shape index (κ3) is 5.42. The third-order valence-corrected chi connectivity index (χ3v) is 7.25. The predicted molar refractivity (Wildman–Crippen MR) is 143 cm³/mol. The lowest BCUT2D eigenvalue weighted by molar-refractivity contribution is -0.120. The number of rotatable bonds is 8. The summed E-state index contributed by atoms with van der Waals surface area (Å²) in [4.78, 5) is 21.6. The zero-order valence-corrected chi connectivity index (χ0v) is 22.1. The minimum absolute atomic E-state index is 0.00512. The van der Waals surface area contributed by atoms with E-state index in [1.807, 2.05) is 46.1 Å². The van der Waals surface area contributed by atoms with Gasteiger partial charge in [0.1, 0.15) is 5.69 Å². The van der Waals surface area contributed by atoms with Gasteiger partial charge >= 0.3 is 0 Å². The summed E-state index contributed by atoms with van der Waals surface area (Å²) in [6.45, 7) is 10.8. The number of anilines is 2. The standard InChI is InChI=1S/C25H32N6OS2/c1-16(2)20(18-13-10-14-33-18)26-19(32)15-30(6)24-29-31-22(28-25(3,4)5)21(27-23(31)34-24)17-11-8-7-9-12-17/h7-14,16,20,28H,15H2,1-6H3,(H,26,32)/t20-/m1/s1.